The zero-order valence-corrected chi connectivity index (χ0v) is 16.8. The van der Waals surface area contributed by atoms with Crippen molar-refractivity contribution in [1.82, 2.24) is 5.32 Å². The third kappa shape index (κ3) is 3.86. The summed E-state index contributed by atoms with van der Waals surface area (Å²) in [6.45, 7) is 2.14. The van der Waals surface area contributed by atoms with Crippen LogP contribution in [0.15, 0.2) is 84.9 Å². The number of hydrogen-bond acceptors (Lipinski definition) is 2. The number of piperidine rings is 1. The highest BCUT2D eigenvalue weighted by atomic mass is 35.5. The maximum atomic E-state index is 11.9. The van der Waals surface area contributed by atoms with Crippen molar-refractivity contribution in [3.63, 3.8) is 0 Å². The Kier molecular flexibility index (Phi) is 5.54. The van der Waals surface area contributed by atoms with Crippen molar-refractivity contribution < 1.29 is 5.11 Å². The fourth-order valence-corrected chi connectivity index (χ4v) is 4.62. The number of rotatable bonds is 4. The lowest BCUT2D eigenvalue weighted by Crippen LogP contribution is -2.53. The van der Waals surface area contributed by atoms with Gasteiger partial charge in [-0.25, -0.2) is 0 Å². The predicted octanol–water partition coefficient (Wildman–Crippen LogP) is 5.73. The van der Waals surface area contributed by atoms with Gasteiger partial charge in [-0.1, -0.05) is 97.4 Å². The Morgan fingerprint density at radius 1 is 0.893 bits per heavy atom. The van der Waals surface area contributed by atoms with Gasteiger partial charge >= 0.3 is 0 Å². The average Bonchev–Trinajstić information content (AvgIpc) is 2.73. The van der Waals surface area contributed by atoms with Crippen LogP contribution in [-0.2, 0) is 6.42 Å². The minimum absolute atomic E-state index is 0.0335. The lowest BCUT2D eigenvalue weighted by Gasteiger charge is -2.48. The van der Waals surface area contributed by atoms with E-state index in [4.69, 9.17) is 11.6 Å². The molecule has 1 fully saturated rings. The highest BCUT2D eigenvalue weighted by Gasteiger charge is 2.46. The van der Waals surface area contributed by atoms with Gasteiger partial charge in [-0.2, -0.15) is 0 Å². The molecule has 1 aliphatic rings. The van der Waals surface area contributed by atoms with Gasteiger partial charge in [0.05, 0.1) is 5.60 Å². The molecule has 1 saturated heterocycles. The normalized spacial score (nSPS) is 27.5. The van der Waals surface area contributed by atoms with Crippen molar-refractivity contribution in [2.24, 2.45) is 5.92 Å². The zero-order chi connectivity index (χ0) is 19.6. The van der Waals surface area contributed by atoms with Crippen LogP contribution in [-0.4, -0.2) is 10.7 Å². The molecule has 4 rings (SSSR count). The summed E-state index contributed by atoms with van der Waals surface area (Å²) in [5.74, 6) is 0.0335. The molecule has 2 nitrogen and oxygen atoms in total. The molecule has 0 aliphatic carbocycles. The molecule has 3 heteroatoms. The van der Waals surface area contributed by atoms with E-state index in [1.54, 1.807) is 0 Å². The summed E-state index contributed by atoms with van der Waals surface area (Å²) in [7, 11) is 0. The van der Waals surface area contributed by atoms with E-state index in [1.807, 2.05) is 36.4 Å². The van der Waals surface area contributed by atoms with E-state index in [2.05, 4.69) is 60.8 Å². The van der Waals surface area contributed by atoms with E-state index < -0.39 is 5.60 Å². The van der Waals surface area contributed by atoms with Gasteiger partial charge in [0.25, 0.3) is 0 Å². The number of aliphatic hydroxyl groups is 1. The van der Waals surface area contributed by atoms with Crippen LogP contribution in [0.25, 0.3) is 0 Å². The van der Waals surface area contributed by atoms with Crippen LogP contribution >= 0.6 is 11.6 Å². The Morgan fingerprint density at radius 2 is 1.46 bits per heavy atom. The molecular formula is C25H26ClNO. The van der Waals surface area contributed by atoms with Crippen molar-refractivity contribution in [2.75, 3.05) is 0 Å². The van der Waals surface area contributed by atoms with Crippen molar-refractivity contribution in [3.8, 4) is 0 Å². The molecular weight excluding hydrogens is 366 g/mol. The van der Waals surface area contributed by atoms with Crippen LogP contribution in [0.3, 0.4) is 0 Å². The second-order valence-electron chi connectivity index (χ2n) is 7.88. The van der Waals surface area contributed by atoms with E-state index in [9.17, 15) is 5.11 Å². The number of benzene rings is 3. The van der Waals surface area contributed by atoms with E-state index in [0.29, 0.717) is 17.9 Å². The van der Waals surface area contributed by atoms with Gasteiger partial charge in [0, 0.05) is 29.4 Å². The number of nitrogens with one attached hydrogen (secondary N) is 1. The fourth-order valence-electron chi connectivity index (χ4n) is 4.42. The molecule has 0 bridgehead atoms. The molecule has 1 aliphatic heterocycles. The van der Waals surface area contributed by atoms with Crippen LogP contribution < -0.4 is 5.32 Å². The Bertz CT molecular complexity index is 914. The van der Waals surface area contributed by atoms with Crippen molar-refractivity contribution >= 4 is 11.6 Å². The van der Waals surface area contributed by atoms with Crippen LogP contribution in [0, 0.1) is 5.92 Å². The highest BCUT2D eigenvalue weighted by Crippen LogP contribution is 2.45. The number of hydrogen-bond donors (Lipinski definition) is 2. The van der Waals surface area contributed by atoms with Crippen LogP contribution in [0.2, 0.25) is 5.02 Å². The molecule has 0 radical (unpaired) electrons. The molecule has 0 aromatic heterocycles. The summed E-state index contributed by atoms with van der Waals surface area (Å²) in [5, 5.41) is 16.4. The minimum Gasteiger partial charge on any atom is -0.389 e. The monoisotopic (exact) mass is 391 g/mol. The average molecular weight is 392 g/mol. The van der Waals surface area contributed by atoms with Crippen LogP contribution in [0.4, 0.5) is 0 Å². The maximum absolute atomic E-state index is 11.9. The summed E-state index contributed by atoms with van der Waals surface area (Å²) in [6.07, 6.45) is 1.19. The van der Waals surface area contributed by atoms with E-state index in [1.165, 1.54) is 11.1 Å². The number of halogens is 1. The molecule has 0 amide bonds. The molecule has 144 valence electrons. The van der Waals surface area contributed by atoms with Gasteiger partial charge in [-0.05, 0) is 29.2 Å². The molecule has 0 saturated carbocycles. The molecule has 1 heterocycles. The molecule has 0 spiro atoms. The fraction of sp³-hybridized carbons (Fsp3) is 0.280. The maximum Gasteiger partial charge on any atom is 0.0750 e. The summed E-state index contributed by atoms with van der Waals surface area (Å²) in [4.78, 5) is 0. The first kappa shape index (κ1) is 19.2. The quantitative estimate of drug-likeness (QED) is 0.595. The van der Waals surface area contributed by atoms with Crippen LogP contribution in [0.5, 0.6) is 0 Å². The van der Waals surface area contributed by atoms with Gasteiger partial charge in [0.2, 0.25) is 0 Å². The van der Waals surface area contributed by atoms with Gasteiger partial charge < -0.3 is 10.4 Å². The van der Waals surface area contributed by atoms with E-state index in [0.717, 1.165) is 5.56 Å². The zero-order valence-electron chi connectivity index (χ0n) is 16.1. The third-order valence-corrected chi connectivity index (χ3v) is 6.47. The van der Waals surface area contributed by atoms with Crippen molar-refractivity contribution in [2.45, 2.75) is 37.5 Å². The summed E-state index contributed by atoms with van der Waals surface area (Å²) < 4.78 is 0. The first-order valence-electron chi connectivity index (χ1n) is 9.88. The molecule has 0 unspecified atom stereocenters. The first-order chi connectivity index (χ1) is 13.6. The standard InChI is InChI=1S/C25H26ClNO/c1-18-24(20-12-6-3-7-13-20)27-23(19-10-4-2-5-11-19)17-25(18,28)16-21-14-8-9-15-22(21)26/h2-15,18,23-24,27-28H,16-17H2,1H3/t18-,23-,24+,25+/m0/s1. The topological polar surface area (TPSA) is 32.3 Å². The van der Waals surface area contributed by atoms with Crippen LogP contribution in [0.1, 0.15) is 42.1 Å². The predicted molar refractivity (Wildman–Crippen MR) is 115 cm³/mol. The van der Waals surface area contributed by atoms with Crippen molar-refractivity contribution in [1.29, 1.82) is 0 Å². The lowest BCUT2D eigenvalue weighted by molar-refractivity contribution is -0.0674. The molecule has 3 aromatic carbocycles. The van der Waals surface area contributed by atoms with E-state index in [-0.39, 0.29) is 18.0 Å². The molecule has 2 N–H and O–H groups in total. The second-order valence-corrected chi connectivity index (χ2v) is 8.29. The smallest absolute Gasteiger partial charge is 0.0750 e. The summed E-state index contributed by atoms with van der Waals surface area (Å²) in [5.41, 5.74) is 2.54. The lowest BCUT2D eigenvalue weighted by atomic mass is 9.69. The van der Waals surface area contributed by atoms with Gasteiger partial charge in [-0.3, -0.25) is 0 Å². The Balaban J connectivity index is 1.72. The van der Waals surface area contributed by atoms with Crippen molar-refractivity contribution in [3.05, 3.63) is 107 Å². The first-order valence-corrected chi connectivity index (χ1v) is 10.3. The summed E-state index contributed by atoms with van der Waals surface area (Å²) in [6, 6.07) is 28.8. The Morgan fingerprint density at radius 3 is 2.11 bits per heavy atom. The summed E-state index contributed by atoms with van der Waals surface area (Å²) >= 11 is 6.43. The minimum atomic E-state index is -0.864. The largest absolute Gasteiger partial charge is 0.389 e. The molecule has 28 heavy (non-hydrogen) atoms. The van der Waals surface area contributed by atoms with Gasteiger partial charge in [0.15, 0.2) is 0 Å². The highest BCUT2D eigenvalue weighted by molar-refractivity contribution is 6.31. The van der Waals surface area contributed by atoms with E-state index >= 15 is 0 Å². The third-order valence-electron chi connectivity index (χ3n) is 6.10. The second kappa shape index (κ2) is 8.08. The molecule has 3 aromatic rings. The SMILES string of the molecule is C[C@H]1[C@H](c2ccccc2)N[C@H](c2ccccc2)C[C@]1(O)Cc1ccccc1Cl. The van der Waals surface area contributed by atoms with Gasteiger partial charge in [-0.15, -0.1) is 0 Å². The Hall–Kier alpha value is -2.13. The Labute approximate surface area is 172 Å². The molecule has 4 atom stereocenters. The van der Waals surface area contributed by atoms with Gasteiger partial charge in [0.1, 0.15) is 0 Å².